The van der Waals surface area contributed by atoms with Crippen molar-refractivity contribution in [1.29, 1.82) is 0 Å². The number of benzene rings is 1. The third-order valence-electron chi connectivity index (χ3n) is 5.32. The molecular weight excluding hydrogens is 418 g/mol. The van der Waals surface area contributed by atoms with Crippen LogP contribution in [0.3, 0.4) is 0 Å². The average molecular weight is 440 g/mol. The van der Waals surface area contributed by atoms with Crippen molar-refractivity contribution in [1.82, 2.24) is 14.0 Å². The molecule has 0 amide bonds. The number of oxazole rings is 1. The summed E-state index contributed by atoms with van der Waals surface area (Å²) in [5.74, 6) is 0.0857. The molecule has 1 aromatic carbocycles. The molecule has 1 aliphatic heterocycles. The Bertz CT molecular complexity index is 1210. The van der Waals surface area contributed by atoms with Crippen molar-refractivity contribution < 1.29 is 17.4 Å². The van der Waals surface area contributed by atoms with Gasteiger partial charge in [0.1, 0.15) is 16.3 Å². The summed E-state index contributed by atoms with van der Waals surface area (Å²) >= 11 is 6.39. The van der Waals surface area contributed by atoms with Crippen molar-refractivity contribution in [3.63, 3.8) is 0 Å². The quantitative estimate of drug-likeness (QED) is 0.611. The summed E-state index contributed by atoms with van der Waals surface area (Å²) in [5.41, 5.74) is 1.26. The minimum Gasteiger partial charge on any atom is -0.408 e. The first-order valence-electron chi connectivity index (χ1n) is 9.61. The number of aryl methyl sites for hydroxylation is 2. The Morgan fingerprint density at radius 1 is 1.24 bits per heavy atom. The fourth-order valence-electron chi connectivity index (χ4n) is 3.90. The predicted molar refractivity (Wildman–Crippen MR) is 107 cm³/mol. The number of halogens is 1. The summed E-state index contributed by atoms with van der Waals surface area (Å²) in [6, 6.07) is 4.16. The first-order chi connectivity index (χ1) is 13.8. The molecule has 10 heteroatoms. The zero-order chi connectivity index (χ0) is 20.8. The van der Waals surface area contributed by atoms with Crippen LogP contribution in [0.15, 0.2) is 36.8 Å². The minimum atomic E-state index is -3.96. The van der Waals surface area contributed by atoms with E-state index in [1.165, 1.54) is 21.0 Å². The number of fused-ring (bicyclic) bond motifs is 1. The smallest absolute Gasteiger partial charge is 0.408 e. The second-order valence-corrected chi connectivity index (χ2v) is 9.47. The van der Waals surface area contributed by atoms with Crippen LogP contribution in [0.5, 0.6) is 0 Å². The predicted octanol–water partition coefficient (Wildman–Crippen LogP) is 3.87. The molecule has 1 atom stereocenters. The Labute approximate surface area is 173 Å². The van der Waals surface area contributed by atoms with Crippen LogP contribution in [-0.2, 0) is 16.6 Å². The molecule has 4 rings (SSSR count). The monoisotopic (exact) mass is 439 g/mol. The van der Waals surface area contributed by atoms with Crippen LogP contribution in [0.25, 0.3) is 11.1 Å². The third kappa shape index (κ3) is 3.51. The molecule has 0 radical (unpaired) electrons. The van der Waals surface area contributed by atoms with E-state index in [1.807, 2.05) is 0 Å². The molecule has 0 unspecified atom stereocenters. The highest BCUT2D eigenvalue weighted by atomic mass is 35.5. The standard InChI is InChI=1S/C19H22ClN3O5S/c1-3-22-16-10-13(20)18(11-17(16)27-19(22)24)29(25,26)23-8-6-4-5-7-15(23)14-9-12(2)28-21-14/h9-11,15H,3-8H2,1-2H3/t15-/m0/s1. The zero-order valence-corrected chi connectivity index (χ0v) is 17.8. The van der Waals surface area contributed by atoms with Crippen molar-refractivity contribution in [2.45, 2.75) is 57.0 Å². The number of aromatic nitrogens is 2. The van der Waals surface area contributed by atoms with E-state index in [2.05, 4.69) is 5.16 Å². The average Bonchev–Trinajstić information content (AvgIpc) is 3.12. The van der Waals surface area contributed by atoms with Crippen LogP contribution in [-0.4, -0.2) is 29.0 Å². The topological polar surface area (TPSA) is 98.5 Å². The fraction of sp³-hybridized carbons (Fsp3) is 0.474. The number of hydrogen-bond acceptors (Lipinski definition) is 6. The van der Waals surface area contributed by atoms with E-state index < -0.39 is 21.8 Å². The van der Waals surface area contributed by atoms with Crippen LogP contribution in [0, 0.1) is 6.92 Å². The van der Waals surface area contributed by atoms with Gasteiger partial charge in [-0.15, -0.1) is 0 Å². The van der Waals surface area contributed by atoms with Gasteiger partial charge < -0.3 is 8.94 Å². The lowest BCUT2D eigenvalue weighted by atomic mass is 10.1. The lowest BCUT2D eigenvalue weighted by Crippen LogP contribution is -2.35. The van der Waals surface area contributed by atoms with Gasteiger partial charge in [-0.25, -0.2) is 13.2 Å². The van der Waals surface area contributed by atoms with Crippen molar-refractivity contribution in [3.05, 3.63) is 45.2 Å². The van der Waals surface area contributed by atoms with Crippen LogP contribution in [0.4, 0.5) is 0 Å². The van der Waals surface area contributed by atoms with Gasteiger partial charge in [0.25, 0.3) is 0 Å². The first-order valence-corrected chi connectivity index (χ1v) is 11.4. The maximum absolute atomic E-state index is 13.6. The summed E-state index contributed by atoms with van der Waals surface area (Å²) in [6.07, 6.45) is 3.21. The first kappa shape index (κ1) is 20.2. The van der Waals surface area contributed by atoms with E-state index in [1.54, 1.807) is 19.9 Å². The summed E-state index contributed by atoms with van der Waals surface area (Å²) in [6.45, 7) is 4.33. The van der Waals surface area contributed by atoms with Gasteiger partial charge in [-0.1, -0.05) is 29.6 Å². The molecule has 0 N–H and O–H groups in total. The largest absolute Gasteiger partial charge is 0.419 e. The maximum Gasteiger partial charge on any atom is 0.419 e. The van der Waals surface area contributed by atoms with E-state index >= 15 is 0 Å². The molecule has 1 fully saturated rings. The molecule has 1 saturated heterocycles. The molecule has 156 valence electrons. The molecule has 0 bridgehead atoms. The lowest BCUT2D eigenvalue weighted by Gasteiger charge is -2.28. The van der Waals surface area contributed by atoms with Crippen molar-refractivity contribution in [3.8, 4) is 0 Å². The molecule has 0 saturated carbocycles. The van der Waals surface area contributed by atoms with E-state index in [4.69, 9.17) is 20.5 Å². The van der Waals surface area contributed by atoms with E-state index in [0.717, 1.165) is 19.3 Å². The van der Waals surface area contributed by atoms with Gasteiger partial charge in [-0.2, -0.15) is 4.31 Å². The van der Waals surface area contributed by atoms with Crippen LogP contribution in [0.2, 0.25) is 5.02 Å². The van der Waals surface area contributed by atoms with Crippen molar-refractivity contribution in [2.75, 3.05) is 6.54 Å². The Kier molecular flexibility index (Phi) is 5.30. The fourth-order valence-corrected chi connectivity index (χ4v) is 6.08. The highest BCUT2D eigenvalue weighted by molar-refractivity contribution is 7.89. The lowest BCUT2D eigenvalue weighted by molar-refractivity contribution is 0.304. The van der Waals surface area contributed by atoms with Crippen molar-refractivity contribution >= 4 is 32.7 Å². The van der Waals surface area contributed by atoms with Gasteiger partial charge >= 0.3 is 5.76 Å². The van der Waals surface area contributed by atoms with E-state index in [-0.39, 0.29) is 15.5 Å². The SMILES string of the molecule is CCn1c(=O)oc2cc(S(=O)(=O)N3CCCCC[C@H]3c3cc(C)on3)c(Cl)cc21. The molecule has 0 spiro atoms. The normalized spacial score (nSPS) is 18.9. The highest BCUT2D eigenvalue weighted by Gasteiger charge is 2.36. The minimum absolute atomic E-state index is 0.0554. The molecule has 1 aliphatic rings. The van der Waals surface area contributed by atoms with E-state index in [0.29, 0.717) is 36.5 Å². The van der Waals surface area contributed by atoms with Crippen LogP contribution >= 0.6 is 11.6 Å². The Morgan fingerprint density at radius 3 is 2.72 bits per heavy atom. The highest BCUT2D eigenvalue weighted by Crippen LogP contribution is 2.37. The van der Waals surface area contributed by atoms with E-state index in [9.17, 15) is 13.2 Å². The summed E-state index contributed by atoms with van der Waals surface area (Å²) in [5, 5.41) is 4.12. The maximum atomic E-state index is 13.6. The number of rotatable bonds is 4. The van der Waals surface area contributed by atoms with Gasteiger partial charge in [0.05, 0.1) is 16.6 Å². The Hall–Kier alpha value is -2.10. The number of sulfonamides is 1. The number of nitrogens with zero attached hydrogens (tertiary/aromatic N) is 3. The van der Waals surface area contributed by atoms with Crippen LogP contribution in [0.1, 0.15) is 50.1 Å². The van der Waals surface area contributed by atoms with Gasteiger partial charge in [0, 0.05) is 25.2 Å². The molecule has 0 aliphatic carbocycles. The molecule has 2 aromatic heterocycles. The molecular formula is C19H22ClN3O5S. The molecule has 3 aromatic rings. The Balaban J connectivity index is 1.83. The van der Waals surface area contributed by atoms with Crippen molar-refractivity contribution in [2.24, 2.45) is 0 Å². The molecule has 3 heterocycles. The zero-order valence-electron chi connectivity index (χ0n) is 16.2. The van der Waals surface area contributed by atoms with Gasteiger partial charge in [0.15, 0.2) is 5.58 Å². The molecule has 8 nitrogen and oxygen atoms in total. The second-order valence-electron chi connectivity index (χ2n) is 7.21. The Morgan fingerprint density at radius 2 is 2.03 bits per heavy atom. The van der Waals surface area contributed by atoms with Crippen LogP contribution < -0.4 is 5.76 Å². The second kappa shape index (κ2) is 7.62. The summed E-state index contributed by atoms with van der Waals surface area (Å²) in [7, 11) is -3.96. The van der Waals surface area contributed by atoms with Gasteiger partial charge in [-0.05, 0) is 32.8 Å². The third-order valence-corrected chi connectivity index (χ3v) is 7.69. The number of hydrogen-bond donors (Lipinski definition) is 0. The molecule has 29 heavy (non-hydrogen) atoms. The summed E-state index contributed by atoms with van der Waals surface area (Å²) < 4.78 is 40.5. The van der Waals surface area contributed by atoms with Gasteiger partial charge in [0.2, 0.25) is 10.0 Å². The van der Waals surface area contributed by atoms with Gasteiger partial charge in [-0.3, -0.25) is 4.57 Å². The summed E-state index contributed by atoms with van der Waals surface area (Å²) in [4.78, 5) is 11.9.